The summed E-state index contributed by atoms with van der Waals surface area (Å²) in [5.74, 6) is 0. The third-order valence-electron chi connectivity index (χ3n) is 2.75. The van der Waals surface area contributed by atoms with Gasteiger partial charge in [-0.05, 0) is 25.2 Å². The maximum absolute atomic E-state index is 2.24. The number of hydrogen-bond acceptors (Lipinski definition) is 1. The summed E-state index contributed by atoms with van der Waals surface area (Å²) in [6, 6.07) is 21.5. The van der Waals surface area contributed by atoms with Crippen LogP contribution in [0.4, 0.5) is 0 Å². The molecular formula is C17H23N. The smallest absolute Gasteiger partial charge is 0.0596 e. The van der Waals surface area contributed by atoms with E-state index in [1.54, 1.807) is 0 Å². The predicted molar refractivity (Wildman–Crippen MR) is 79.8 cm³/mol. The van der Waals surface area contributed by atoms with Gasteiger partial charge in [0.15, 0.2) is 0 Å². The summed E-state index contributed by atoms with van der Waals surface area (Å²) in [6.07, 6.45) is 0. The van der Waals surface area contributed by atoms with Crippen molar-refractivity contribution in [3.05, 3.63) is 71.8 Å². The first-order valence-electron chi connectivity index (χ1n) is 6.55. The number of nitrogens with zero attached hydrogens (tertiary/aromatic N) is 1. The fraction of sp³-hybridized carbons (Fsp3) is 0.294. The molecule has 0 spiro atoms. The van der Waals surface area contributed by atoms with Gasteiger partial charge in [-0.3, -0.25) is 4.90 Å². The van der Waals surface area contributed by atoms with Crippen LogP contribution in [0, 0.1) is 0 Å². The second kappa shape index (κ2) is 7.67. The Morgan fingerprint density at radius 2 is 1.00 bits per heavy atom. The van der Waals surface area contributed by atoms with E-state index in [0.29, 0.717) is 6.04 Å². The highest BCUT2D eigenvalue weighted by Crippen LogP contribution is 2.25. The Labute approximate surface area is 111 Å². The molecule has 2 aromatic rings. The van der Waals surface area contributed by atoms with E-state index in [9.17, 15) is 0 Å². The first-order valence-corrected chi connectivity index (χ1v) is 6.55. The molecule has 18 heavy (non-hydrogen) atoms. The normalized spacial score (nSPS) is 10.1. The molecule has 0 aromatic heterocycles. The van der Waals surface area contributed by atoms with E-state index in [0.717, 1.165) is 0 Å². The Bertz CT molecular complexity index is 380. The molecule has 2 rings (SSSR count). The lowest BCUT2D eigenvalue weighted by molar-refractivity contribution is 0.342. The van der Waals surface area contributed by atoms with Crippen molar-refractivity contribution in [2.75, 3.05) is 14.1 Å². The summed E-state index contributed by atoms with van der Waals surface area (Å²) in [4.78, 5) is 2.24. The molecule has 0 radical (unpaired) electrons. The first-order chi connectivity index (χ1) is 8.79. The van der Waals surface area contributed by atoms with Crippen molar-refractivity contribution in [3.63, 3.8) is 0 Å². The van der Waals surface area contributed by atoms with Gasteiger partial charge in [-0.15, -0.1) is 0 Å². The van der Waals surface area contributed by atoms with Crippen molar-refractivity contribution in [1.82, 2.24) is 4.90 Å². The second-order valence-corrected chi connectivity index (χ2v) is 4.19. The Balaban J connectivity index is 0.000000771. The van der Waals surface area contributed by atoms with Crippen molar-refractivity contribution < 1.29 is 0 Å². The molecule has 0 heterocycles. The first kappa shape index (κ1) is 14.5. The minimum Gasteiger partial charge on any atom is -0.299 e. The van der Waals surface area contributed by atoms with Crippen LogP contribution in [0.15, 0.2) is 60.7 Å². The minimum atomic E-state index is 0.336. The van der Waals surface area contributed by atoms with Gasteiger partial charge in [0.2, 0.25) is 0 Å². The van der Waals surface area contributed by atoms with Gasteiger partial charge in [-0.1, -0.05) is 74.5 Å². The topological polar surface area (TPSA) is 3.24 Å². The minimum absolute atomic E-state index is 0.336. The summed E-state index contributed by atoms with van der Waals surface area (Å²) in [5.41, 5.74) is 2.66. The highest BCUT2D eigenvalue weighted by Gasteiger charge is 2.15. The van der Waals surface area contributed by atoms with Gasteiger partial charge in [0, 0.05) is 0 Å². The highest BCUT2D eigenvalue weighted by molar-refractivity contribution is 5.31. The lowest BCUT2D eigenvalue weighted by Crippen LogP contribution is -2.20. The number of hydrogen-bond donors (Lipinski definition) is 0. The van der Waals surface area contributed by atoms with Crippen molar-refractivity contribution in [2.24, 2.45) is 0 Å². The molecule has 0 atom stereocenters. The van der Waals surface area contributed by atoms with E-state index in [1.165, 1.54) is 11.1 Å². The zero-order valence-electron chi connectivity index (χ0n) is 11.8. The van der Waals surface area contributed by atoms with Crippen LogP contribution < -0.4 is 0 Å². The molecule has 0 aliphatic carbocycles. The largest absolute Gasteiger partial charge is 0.299 e. The maximum atomic E-state index is 2.24. The van der Waals surface area contributed by atoms with Crippen molar-refractivity contribution in [3.8, 4) is 0 Å². The summed E-state index contributed by atoms with van der Waals surface area (Å²) < 4.78 is 0. The van der Waals surface area contributed by atoms with E-state index in [2.05, 4.69) is 79.7 Å². The van der Waals surface area contributed by atoms with Gasteiger partial charge in [0.05, 0.1) is 6.04 Å². The molecule has 0 amide bonds. The van der Waals surface area contributed by atoms with E-state index in [4.69, 9.17) is 0 Å². The molecule has 0 unspecified atom stereocenters. The van der Waals surface area contributed by atoms with Gasteiger partial charge >= 0.3 is 0 Å². The second-order valence-electron chi connectivity index (χ2n) is 4.19. The van der Waals surface area contributed by atoms with Crippen LogP contribution in [0.3, 0.4) is 0 Å². The standard InChI is InChI=1S/C15H17N.C2H6/c1-16(2)15(13-9-5-3-6-10-13)14-11-7-4-8-12-14;1-2/h3-12,15H,1-2H3;1-2H3. The fourth-order valence-electron chi connectivity index (χ4n) is 2.06. The van der Waals surface area contributed by atoms with Crippen LogP contribution in [-0.4, -0.2) is 19.0 Å². The molecule has 0 bridgehead atoms. The zero-order chi connectivity index (χ0) is 13.4. The van der Waals surface area contributed by atoms with Gasteiger partial charge < -0.3 is 0 Å². The van der Waals surface area contributed by atoms with Crippen molar-refractivity contribution in [1.29, 1.82) is 0 Å². The predicted octanol–water partition coefficient (Wildman–Crippen LogP) is 4.36. The monoisotopic (exact) mass is 241 g/mol. The highest BCUT2D eigenvalue weighted by atomic mass is 15.1. The summed E-state index contributed by atoms with van der Waals surface area (Å²) >= 11 is 0. The molecule has 1 heteroatoms. The average Bonchev–Trinajstić information content (AvgIpc) is 2.43. The van der Waals surface area contributed by atoms with Crippen LogP contribution in [0.5, 0.6) is 0 Å². The van der Waals surface area contributed by atoms with Crippen molar-refractivity contribution in [2.45, 2.75) is 19.9 Å². The molecule has 0 aliphatic heterocycles. The van der Waals surface area contributed by atoms with E-state index >= 15 is 0 Å². The Morgan fingerprint density at radius 1 is 0.667 bits per heavy atom. The van der Waals surface area contributed by atoms with Crippen LogP contribution in [0.1, 0.15) is 31.0 Å². The molecular weight excluding hydrogens is 218 g/mol. The molecule has 2 aromatic carbocycles. The Kier molecular flexibility index (Phi) is 6.16. The van der Waals surface area contributed by atoms with Crippen LogP contribution in [0.25, 0.3) is 0 Å². The van der Waals surface area contributed by atoms with Gasteiger partial charge in [-0.25, -0.2) is 0 Å². The molecule has 1 nitrogen and oxygen atoms in total. The van der Waals surface area contributed by atoms with Crippen LogP contribution in [0.2, 0.25) is 0 Å². The molecule has 0 N–H and O–H groups in total. The summed E-state index contributed by atoms with van der Waals surface area (Å²) in [5, 5.41) is 0. The molecule has 0 saturated carbocycles. The van der Waals surface area contributed by atoms with Crippen LogP contribution in [-0.2, 0) is 0 Å². The molecule has 96 valence electrons. The summed E-state index contributed by atoms with van der Waals surface area (Å²) in [7, 11) is 4.23. The zero-order valence-corrected chi connectivity index (χ0v) is 11.8. The van der Waals surface area contributed by atoms with Crippen LogP contribution >= 0.6 is 0 Å². The van der Waals surface area contributed by atoms with Crippen molar-refractivity contribution >= 4 is 0 Å². The number of rotatable bonds is 3. The van der Waals surface area contributed by atoms with E-state index < -0.39 is 0 Å². The number of benzene rings is 2. The van der Waals surface area contributed by atoms with Gasteiger partial charge in [-0.2, -0.15) is 0 Å². The quantitative estimate of drug-likeness (QED) is 0.771. The Hall–Kier alpha value is -1.60. The van der Waals surface area contributed by atoms with Gasteiger partial charge in [0.25, 0.3) is 0 Å². The molecule has 0 fully saturated rings. The maximum Gasteiger partial charge on any atom is 0.0596 e. The fourth-order valence-corrected chi connectivity index (χ4v) is 2.06. The molecule has 0 saturated heterocycles. The SMILES string of the molecule is CC.CN(C)C(c1ccccc1)c1ccccc1. The lowest BCUT2D eigenvalue weighted by Gasteiger charge is -2.25. The summed E-state index contributed by atoms with van der Waals surface area (Å²) in [6.45, 7) is 4.00. The van der Waals surface area contributed by atoms with E-state index in [1.807, 2.05) is 13.8 Å². The average molecular weight is 241 g/mol. The lowest BCUT2D eigenvalue weighted by atomic mass is 9.98. The third-order valence-corrected chi connectivity index (χ3v) is 2.75. The van der Waals surface area contributed by atoms with Gasteiger partial charge in [0.1, 0.15) is 0 Å². The third kappa shape index (κ3) is 3.71. The van der Waals surface area contributed by atoms with E-state index in [-0.39, 0.29) is 0 Å². The molecule has 0 aliphatic rings. The Morgan fingerprint density at radius 3 is 1.28 bits per heavy atom.